The maximum atomic E-state index is 11.3. The van der Waals surface area contributed by atoms with Crippen LogP contribution in [0.3, 0.4) is 0 Å². The number of hydrogen-bond acceptors (Lipinski definition) is 3. The van der Waals surface area contributed by atoms with Crippen LogP contribution in [0, 0.1) is 5.92 Å². The van der Waals surface area contributed by atoms with Gasteiger partial charge in [0.2, 0.25) is 0 Å². The second-order valence-electron chi connectivity index (χ2n) is 3.97. The maximum absolute atomic E-state index is 11.3. The Kier molecular flexibility index (Phi) is 2.70. The summed E-state index contributed by atoms with van der Waals surface area (Å²) < 4.78 is 0. The molecule has 1 aliphatic rings. The molecule has 2 N–H and O–H groups in total. The number of hydrogen-bond donors (Lipinski definition) is 1. The van der Waals surface area contributed by atoms with Gasteiger partial charge in [-0.15, -0.1) is 11.3 Å². The second kappa shape index (κ2) is 3.83. The molecule has 3 heteroatoms. The summed E-state index contributed by atoms with van der Waals surface area (Å²) in [6.45, 7) is 2.42. The molecule has 1 aliphatic carbocycles. The van der Waals surface area contributed by atoms with Crippen LogP contribution in [0.5, 0.6) is 0 Å². The van der Waals surface area contributed by atoms with E-state index in [9.17, 15) is 4.79 Å². The minimum atomic E-state index is 0.211. The Hall–Kier alpha value is -0.670. The molecule has 76 valence electrons. The number of thiophene rings is 1. The van der Waals surface area contributed by atoms with Gasteiger partial charge in [0.1, 0.15) is 0 Å². The standard InChI is InChI=1S/C11H15NOS/c1-7(13)11-10-3-2-8(5-12)4-9(10)6-14-11/h6,8H,2-5,12H2,1H3. The first-order chi connectivity index (χ1) is 6.72. The molecule has 0 aromatic carbocycles. The number of carbonyl (C=O) groups excluding carboxylic acids is 1. The van der Waals surface area contributed by atoms with Crippen LogP contribution in [0.25, 0.3) is 0 Å². The molecule has 0 radical (unpaired) electrons. The van der Waals surface area contributed by atoms with Gasteiger partial charge in [-0.2, -0.15) is 0 Å². The van der Waals surface area contributed by atoms with E-state index >= 15 is 0 Å². The average Bonchev–Trinajstić information content (AvgIpc) is 2.59. The molecule has 1 aromatic heterocycles. The van der Waals surface area contributed by atoms with E-state index in [2.05, 4.69) is 5.38 Å². The summed E-state index contributed by atoms with van der Waals surface area (Å²) in [5, 5.41) is 2.13. The van der Waals surface area contributed by atoms with Crippen molar-refractivity contribution in [2.24, 2.45) is 11.7 Å². The van der Waals surface area contributed by atoms with Crippen molar-refractivity contribution in [1.29, 1.82) is 0 Å². The van der Waals surface area contributed by atoms with Crippen molar-refractivity contribution in [3.63, 3.8) is 0 Å². The van der Waals surface area contributed by atoms with Crippen molar-refractivity contribution in [1.82, 2.24) is 0 Å². The lowest BCUT2D eigenvalue weighted by Crippen LogP contribution is -2.21. The van der Waals surface area contributed by atoms with E-state index < -0.39 is 0 Å². The SMILES string of the molecule is CC(=O)c1scc2c1CCC(CN)C2. The van der Waals surface area contributed by atoms with Crippen LogP contribution >= 0.6 is 11.3 Å². The molecule has 0 saturated heterocycles. The lowest BCUT2D eigenvalue weighted by atomic mass is 9.85. The highest BCUT2D eigenvalue weighted by atomic mass is 32.1. The molecular weight excluding hydrogens is 194 g/mol. The summed E-state index contributed by atoms with van der Waals surface area (Å²) in [7, 11) is 0. The van der Waals surface area contributed by atoms with Gasteiger partial charge in [0.25, 0.3) is 0 Å². The monoisotopic (exact) mass is 209 g/mol. The van der Waals surface area contributed by atoms with Gasteiger partial charge in [-0.25, -0.2) is 0 Å². The fourth-order valence-corrected chi connectivity index (χ4v) is 3.16. The Bertz CT molecular complexity index is 356. The lowest BCUT2D eigenvalue weighted by molar-refractivity contribution is 0.102. The zero-order chi connectivity index (χ0) is 10.1. The quantitative estimate of drug-likeness (QED) is 0.757. The highest BCUT2D eigenvalue weighted by Crippen LogP contribution is 2.32. The number of fused-ring (bicyclic) bond motifs is 1. The molecule has 0 fully saturated rings. The molecule has 0 spiro atoms. The third kappa shape index (κ3) is 1.62. The van der Waals surface area contributed by atoms with Gasteiger partial charge in [0, 0.05) is 0 Å². The number of rotatable bonds is 2. The predicted octanol–water partition coefficient (Wildman–Crippen LogP) is 2.01. The van der Waals surface area contributed by atoms with E-state index in [1.807, 2.05) is 0 Å². The highest BCUT2D eigenvalue weighted by Gasteiger charge is 2.22. The summed E-state index contributed by atoms with van der Waals surface area (Å²) in [5.41, 5.74) is 8.32. The largest absolute Gasteiger partial charge is 0.330 e. The number of ketones is 1. The van der Waals surface area contributed by atoms with Crippen LogP contribution in [-0.2, 0) is 12.8 Å². The predicted molar refractivity (Wildman–Crippen MR) is 58.9 cm³/mol. The van der Waals surface area contributed by atoms with Crippen molar-refractivity contribution < 1.29 is 4.79 Å². The fraction of sp³-hybridized carbons (Fsp3) is 0.545. The molecule has 0 amide bonds. The van der Waals surface area contributed by atoms with Crippen LogP contribution < -0.4 is 5.73 Å². The van der Waals surface area contributed by atoms with Crippen LogP contribution in [0.2, 0.25) is 0 Å². The molecule has 1 aromatic rings. The lowest BCUT2D eigenvalue weighted by Gasteiger charge is -2.21. The van der Waals surface area contributed by atoms with E-state index in [0.29, 0.717) is 5.92 Å². The van der Waals surface area contributed by atoms with Gasteiger partial charge in [0.05, 0.1) is 4.88 Å². The average molecular weight is 209 g/mol. The minimum absolute atomic E-state index is 0.211. The summed E-state index contributed by atoms with van der Waals surface area (Å²) in [6, 6.07) is 0. The van der Waals surface area contributed by atoms with Gasteiger partial charge in [-0.3, -0.25) is 4.79 Å². The molecular formula is C11H15NOS. The van der Waals surface area contributed by atoms with Crippen LogP contribution in [0.15, 0.2) is 5.38 Å². The number of carbonyl (C=O) groups is 1. The van der Waals surface area contributed by atoms with Gasteiger partial charge in [-0.1, -0.05) is 0 Å². The van der Waals surface area contributed by atoms with E-state index in [0.717, 1.165) is 30.7 Å². The van der Waals surface area contributed by atoms with Crippen molar-refractivity contribution in [2.45, 2.75) is 26.2 Å². The van der Waals surface area contributed by atoms with Crippen molar-refractivity contribution in [3.8, 4) is 0 Å². The summed E-state index contributed by atoms with van der Waals surface area (Å²) >= 11 is 1.60. The molecule has 14 heavy (non-hydrogen) atoms. The number of nitrogens with two attached hydrogens (primary N) is 1. The normalized spacial score (nSPS) is 20.6. The maximum Gasteiger partial charge on any atom is 0.169 e. The molecule has 1 atom stereocenters. The number of Topliss-reactive ketones (excluding diaryl/α,β-unsaturated/α-hetero) is 1. The first kappa shape index (κ1) is 9.87. The van der Waals surface area contributed by atoms with Crippen LogP contribution in [0.4, 0.5) is 0 Å². The first-order valence-electron chi connectivity index (χ1n) is 5.02. The Morgan fingerprint density at radius 1 is 1.71 bits per heavy atom. The first-order valence-corrected chi connectivity index (χ1v) is 5.90. The molecule has 0 saturated carbocycles. The van der Waals surface area contributed by atoms with E-state index in [1.54, 1.807) is 18.3 Å². The molecule has 1 unspecified atom stereocenters. The van der Waals surface area contributed by atoms with Crippen molar-refractivity contribution >= 4 is 17.1 Å². The summed E-state index contributed by atoms with van der Waals surface area (Å²) in [6.07, 6.45) is 3.24. The van der Waals surface area contributed by atoms with Crippen molar-refractivity contribution in [3.05, 3.63) is 21.4 Å². The molecule has 1 heterocycles. The zero-order valence-electron chi connectivity index (χ0n) is 8.38. The van der Waals surface area contributed by atoms with E-state index in [1.165, 1.54) is 11.1 Å². The fourth-order valence-electron chi connectivity index (χ4n) is 2.12. The van der Waals surface area contributed by atoms with Gasteiger partial charge in [0.15, 0.2) is 5.78 Å². The smallest absolute Gasteiger partial charge is 0.169 e. The minimum Gasteiger partial charge on any atom is -0.330 e. The third-order valence-corrected chi connectivity index (χ3v) is 4.12. The Labute approximate surface area is 88.1 Å². The van der Waals surface area contributed by atoms with Crippen molar-refractivity contribution in [2.75, 3.05) is 6.54 Å². The summed E-state index contributed by atoms with van der Waals surface area (Å²) in [4.78, 5) is 12.3. The molecule has 0 aliphatic heterocycles. The Morgan fingerprint density at radius 3 is 3.14 bits per heavy atom. The Balaban J connectivity index is 2.29. The topological polar surface area (TPSA) is 43.1 Å². The van der Waals surface area contributed by atoms with Crippen LogP contribution in [0.1, 0.15) is 34.1 Å². The molecule has 2 nitrogen and oxygen atoms in total. The second-order valence-corrected chi connectivity index (χ2v) is 4.85. The van der Waals surface area contributed by atoms with E-state index in [4.69, 9.17) is 5.73 Å². The summed E-state index contributed by atoms with van der Waals surface area (Å²) in [5.74, 6) is 0.833. The van der Waals surface area contributed by atoms with Gasteiger partial charge >= 0.3 is 0 Å². The zero-order valence-corrected chi connectivity index (χ0v) is 9.19. The third-order valence-electron chi connectivity index (χ3n) is 2.95. The highest BCUT2D eigenvalue weighted by molar-refractivity contribution is 7.12. The van der Waals surface area contributed by atoms with Crippen LogP contribution in [-0.4, -0.2) is 12.3 Å². The van der Waals surface area contributed by atoms with Gasteiger partial charge < -0.3 is 5.73 Å². The van der Waals surface area contributed by atoms with Gasteiger partial charge in [-0.05, 0) is 55.2 Å². The molecule has 0 bridgehead atoms. The van der Waals surface area contributed by atoms with E-state index in [-0.39, 0.29) is 5.78 Å². The molecule has 2 rings (SSSR count). The Morgan fingerprint density at radius 2 is 2.50 bits per heavy atom.